The highest BCUT2D eigenvalue weighted by molar-refractivity contribution is 5.85. The average Bonchev–Trinajstić information content (AvgIpc) is 2.52. The van der Waals surface area contributed by atoms with E-state index in [0.29, 0.717) is 25.5 Å². The van der Waals surface area contributed by atoms with Gasteiger partial charge in [-0.1, -0.05) is 36.4 Å². The largest absolute Gasteiger partial charge is 0.477 e. The quantitative estimate of drug-likeness (QED) is 0.847. The SMILES string of the molecule is COCCN(Cc1ccccc1)c1cccc(C(=O)O)n1. The zero-order chi connectivity index (χ0) is 15.1. The number of carbonyl (C=O) groups is 1. The fourth-order valence-corrected chi connectivity index (χ4v) is 2.00. The van der Waals surface area contributed by atoms with Crippen molar-refractivity contribution in [3.05, 3.63) is 59.8 Å². The van der Waals surface area contributed by atoms with Crippen LogP contribution in [0.25, 0.3) is 0 Å². The minimum atomic E-state index is -1.02. The molecule has 0 spiro atoms. The summed E-state index contributed by atoms with van der Waals surface area (Å²) in [6.07, 6.45) is 0. The van der Waals surface area contributed by atoms with Crippen molar-refractivity contribution in [2.24, 2.45) is 0 Å². The molecule has 0 aliphatic rings. The molecular formula is C16H18N2O3. The molecule has 1 heterocycles. The molecule has 0 amide bonds. The van der Waals surface area contributed by atoms with Crippen molar-refractivity contribution in [2.75, 3.05) is 25.2 Å². The van der Waals surface area contributed by atoms with Gasteiger partial charge in [-0.05, 0) is 17.7 Å². The van der Waals surface area contributed by atoms with Gasteiger partial charge in [-0.15, -0.1) is 0 Å². The third-order valence-electron chi connectivity index (χ3n) is 3.06. The van der Waals surface area contributed by atoms with Gasteiger partial charge in [0.15, 0.2) is 5.69 Å². The van der Waals surface area contributed by atoms with Crippen molar-refractivity contribution < 1.29 is 14.6 Å². The van der Waals surface area contributed by atoms with E-state index in [2.05, 4.69) is 4.98 Å². The molecule has 1 aromatic heterocycles. The number of hydrogen-bond acceptors (Lipinski definition) is 4. The van der Waals surface area contributed by atoms with Gasteiger partial charge in [0.25, 0.3) is 0 Å². The number of aromatic carboxylic acids is 1. The maximum absolute atomic E-state index is 11.0. The average molecular weight is 286 g/mol. The van der Waals surface area contributed by atoms with E-state index in [4.69, 9.17) is 9.84 Å². The summed E-state index contributed by atoms with van der Waals surface area (Å²) in [5, 5.41) is 9.05. The summed E-state index contributed by atoms with van der Waals surface area (Å²) in [5.74, 6) is -0.390. The molecule has 2 rings (SSSR count). The van der Waals surface area contributed by atoms with Gasteiger partial charge >= 0.3 is 5.97 Å². The highest BCUT2D eigenvalue weighted by Gasteiger charge is 2.11. The van der Waals surface area contributed by atoms with Gasteiger partial charge in [-0.3, -0.25) is 0 Å². The Kier molecular flexibility index (Phi) is 5.29. The van der Waals surface area contributed by atoms with Crippen molar-refractivity contribution in [1.29, 1.82) is 0 Å². The Morgan fingerprint density at radius 2 is 1.95 bits per heavy atom. The third-order valence-corrected chi connectivity index (χ3v) is 3.06. The maximum Gasteiger partial charge on any atom is 0.354 e. The fourth-order valence-electron chi connectivity index (χ4n) is 2.00. The third kappa shape index (κ3) is 4.29. The summed E-state index contributed by atoms with van der Waals surface area (Å²) in [7, 11) is 1.64. The molecule has 5 heteroatoms. The van der Waals surface area contributed by atoms with Crippen LogP contribution in [-0.4, -0.2) is 36.3 Å². The minimum Gasteiger partial charge on any atom is -0.477 e. The number of hydrogen-bond donors (Lipinski definition) is 1. The summed E-state index contributed by atoms with van der Waals surface area (Å²) in [6, 6.07) is 15.0. The van der Waals surface area contributed by atoms with Crippen LogP contribution in [-0.2, 0) is 11.3 Å². The Labute approximate surface area is 123 Å². The standard InChI is InChI=1S/C16H18N2O3/c1-21-11-10-18(12-13-6-3-2-4-7-13)15-9-5-8-14(17-15)16(19)20/h2-9H,10-12H2,1H3,(H,19,20). The molecule has 0 aliphatic heterocycles. The number of anilines is 1. The lowest BCUT2D eigenvalue weighted by Crippen LogP contribution is -2.28. The number of pyridine rings is 1. The van der Waals surface area contributed by atoms with Crippen LogP contribution in [0, 0.1) is 0 Å². The van der Waals surface area contributed by atoms with E-state index in [1.54, 1.807) is 13.2 Å². The van der Waals surface area contributed by atoms with Gasteiger partial charge in [0.1, 0.15) is 5.82 Å². The summed E-state index contributed by atoms with van der Waals surface area (Å²) in [6.45, 7) is 1.84. The van der Waals surface area contributed by atoms with E-state index in [1.165, 1.54) is 6.07 Å². The van der Waals surface area contributed by atoms with Gasteiger partial charge in [0, 0.05) is 20.2 Å². The summed E-state index contributed by atoms with van der Waals surface area (Å²) in [5.41, 5.74) is 1.18. The monoisotopic (exact) mass is 286 g/mol. The molecule has 21 heavy (non-hydrogen) atoms. The predicted octanol–water partition coefficient (Wildman–Crippen LogP) is 2.43. The van der Waals surface area contributed by atoms with Gasteiger partial charge in [-0.25, -0.2) is 9.78 Å². The first-order valence-corrected chi connectivity index (χ1v) is 6.69. The number of carboxylic acids is 1. The summed E-state index contributed by atoms with van der Waals surface area (Å²) in [4.78, 5) is 17.2. The molecule has 0 radical (unpaired) electrons. The zero-order valence-electron chi connectivity index (χ0n) is 11.9. The van der Waals surface area contributed by atoms with Crippen LogP contribution in [0.5, 0.6) is 0 Å². The second-order valence-electron chi connectivity index (χ2n) is 4.59. The van der Waals surface area contributed by atoms with Gasteiger partial charge in [0.05, 0.1) is 6.61 Å². The molecule has 0 aliphatic carbocycles. The molecule has 1 aromatic carbocycles. The Morgan fingerprint density at radius 3 is 2.62 bits per heavy atom. The van der Waals surface area contributed by atoms with E-state index < -0.39 is 5.97 Å². The first-order valence-electron chi connectivity index (χ1n) is 6.69. The number of rotatable bonds is 7. The molecule has 110 valence electrons. The van der Waals surface area contributed by atoms with E-state index in [9.17, 15) is 4.79 Å². The summed E-state index contributed by atoms with van der Waals surface area (Å²) >= 11 is 0. The van der Waals surface area contributed by atoms with Crippen LogP contribution < -0.4 is 4.90 Å². The van der Waals surface area contributed by atoms with Gasteiger partial charge in [-0.2, -0.15) is 0 Å². The predicted molar refractivity (Wildman–Crippen MR) is 80.6 cm³/mol. The van der Waals surface area contributed by atoms with E-state index >= 15 is 0 Å². The van der Waals surface area contributed by atoms with E-state index in [1.807, 2.05) is 41.3 Å². The fraction of sp³-hybridized carbons (Fsp3) is 0.250. The van der Waals surface area contributed by atoms with Crippen molar-refractivity contribution in [3.63, 3.8) is 0 Å². The lowest BCUT2D eigenvalue weighted by molar-refractivity contribution is 0.0690. The first kappa shape index (κ1) is 15.0. The van der Waals surface area contributed by atoms with Crippen molar-refractivity contribution in [2.45, 2.75) is 6.54 Å². The second kappa shape index (κ2) is 7.40. The highest BCUT2D eigenvalue weighted by Crippen LogP contribution is 2.15. The molecule has 0 unspecified atom stereocenters. The molecule has 0 fully saturated rings. The second-order valence-corrected chi connectivity index (χ2v) is 4.59. The highest BCUT2D eigenvalue weighted by atomic mass is 16.5. The molecular weight excluding hydrogens is 268 g/mol. The van der Waals surface area contributed by atoms with Crippen LogP contribution >= 0.6 is 0 Å². The van der Waals surface area contributed by atoms with Crippen LogP contribution in [0.2, 0.25) is 0 Å². The summed E-state index contributed by atoms with van der Waals surface area (Å²) < 4.78 is 5.12. The van der Waals surface area contributed by atoms with Gasteiger partial charge < -0.3 is 14.7 Å². The first-order chi connectivity index (χ1) is 10.2. The molecule has 0 bridgehead atoms. The van der Waals surface area contributed by atoms with Crippen LogP contribution in [0.1, 0.15) is 16.1 Å². The smallest absolute Gasteiger partial charge is 0.354 e. The Hall–Kier alpha value is -2.40. The maximum atomic E-state index is 11.0. The number of benzene rings is 1. The van der Waals surface area contributed by atoms with E-state index in [-0.39, 0.29) is 5.69 Å². The van der Waals surface area contributed by atoms with Crippen molar-refractivity contribution in [3.8, 4) is 0 Å². The minimum absolute atomic E-state index is 0.0444. The van der Waals surface area contributed by atoms with Crippen molar-refractivity contribution >= 4 is 11.8 Å². The zero-order valence-corrected chi connectivity index (χ0v) is 11.9. The Morgan fingerprint density at radius 1 is 1.19 bits per heavy atom. The Balaban J connectivity index is 2.22. The van der Waals surface area contributed by atoms with Crippen LogP contribution in [0.4, 0.5) is 5.82 Å². The lowest BCUT2D eigenvalue weighted by Gasteiger charge is -2.23. The van der Waals surface area contributed by atoms with E-state index in [0.717, 1.165) is 5.56 Å². The molecule has 0 saturated heterocycles. The number of nitrogens with zero attached hydrogens (tertiary/aromatic N) is 2. The Bertz CT molecular complexity index is 587. The van der Waals surface area contributed by atoms with Crippen molar-refractivity contribution in [1.82, 2.24) is 4.98 Å². The number of aromatic nitrogens is 1. The van der Waals surface area contributed by atoms with Crippen LogP contribution in [0.15, 0.2) is 48.5 Å². The normalized spacial score (nSPS) is 10.3. The number of carboxylic acid groups (broad SMARTS) is 1. The number of methoxy groups -OCH3 is 1. The molecule has 0 atom stereocenters. The topological polar surface area (TPSA) is 62.7 Å². The molecule has 0 saturated carbocycles. The molecule has 2 aromatic rings. The number of ether oxygens (including phenoxy) is 1. The van der Waals surface area contributed by atoms with Crippen LogP contribution in [0.3, 0.4) is 0 Å². The molecule has 5 nitrogen and oxygen atoms in total. The lowest BCUT2D eigenvalue weighted by atomic mass is 10.2. The van der Waals surface area contributed by atoms with Gasteiger partial charge in [0.2, 0.25) is 0 Å². The molecule has 1 N–H and O–H groups in total.